The van der Waals surface area contributed by atoms with Crippen LogP contribution in [-0.4, -0.2) is 35.2 Å². The third kappa shape index (κ3) is 5.12. The van der Waals surface area contributed by atoms with Gasteiger partial charge in [-0.25, -0.2) is 0 Å². The number of hydrogen-bond donors (Lipinski definition) is 2. The lowest BCUT2D eigenvalue weighted by atomic mass is 9.96. The molecule has 1 aliphatic heterocycles. The average molecular weight is 294 g/mol. The van der Waals surface area contributed by atoms with Crippen molar-refractivity contribution in [3.63, 3.8) is 0 Å². The molecule has 0 aromatic carbocycles. The number of nitrogens with one attached hydrogen (secondary N) is 2. The van der Waals surface area contributed by atoms with Crippen molar-refractivity contribution in [2.75, 3.05) is 13.1 Å². The Kier molecular flexibility index (Phi) is 5.33. The van der Waals surface area contributed by atoms with Gasteiger partial charge >= 0.3 is 0 Å². The number of rotatable bonds is 5. The topological polar surface area (TPSA) is 80.0 Å². The molecular weight excluding hydrogens is 268 g/mol. The van der Waals surface area contributed by atoms with Gasteiger partial charge < -0.3 is 15.2 Å². The molecule has 0 aliphatic carbocycles. The number of aryl methyl sites for hydroxylation is 1. The Morgan fingerprint density at radius 3 is 2.71 bits per heavy atom. The van der Waals surface area contributed by atoms with Crippen molar-refractivity contribution < 1.29 is 9.32 Å². The highest BCUT2D eigenvalue weighted by molar-refractivity contribution is 5.76. The molecule has 1 aliphatic rings. The fourth-order valence-electron chi connectivity index (χ4n) is 2.33. The van der Waals surface area contributed by atoms with E-state index in [0.717, 1.165) is 38.2 Å². The zero-order valence-corrected chi connectivity index (χ0v) is 13.2. The molecule has 1 aromatic rings. The monoisotopic (exact) mass is 294 g/mol. The van der Waals surface area contributed by atoms with Gasteiger partial charge in [-0.15, -0.1) is 0 Å². The first-order chi connectivity index (χ1) is 9.95. The van der Waals surface area contributed by atoms with Crippen LogP contribution in [0.15, 0.2) is 4.52 Å². The quantitative estimate of drug-likeness (QED) is 0.861. The van der Waals surface area contributed by atoms with Gasteiger partial charge in [0.05, 0.1) is 0 Å². The van der Waals surface area contributed by atoms with Crippen molar-refractivity contribution in [2.45, 2.75) is 64.3 Å². The average Bonchev–Trinajstić information content (AvgIpc) is 2.88. The molecule has 0 radical (unpaired) electrons. The van der Waals surface area contributed by atoms with Gasteiger partial charge in [-0.05, 0) is 32.4 Å². The Balaban J connectivity index is 1.69. The minimum atomic E-state index is -0.103. The van der Waals surface area contributed by atoms with E-state index in [9.17, 15) is 4.79 Å². The zero-order chi connectivity index (χ0) is 15.3. The Hall–Kier alpha value is -1.43. The summed E-state index contributed by atoms with van der Waals surface area (Å²) in [6.07, 6.45) is 3.94. The summed E-state index contributed by atoms with van der Waals surface area (Å²) in [6, 6.07) is 0.328. The molecule has 1 fully saturated rings. The van der Waals surface area contributed by atoms with Crippen molar-refractivity contribution in [2.24, 2.45) is 0 Å². The number of amides is 1. The Morgan fingerprint density at radius 2 is 2.10 bits per heavy atom. The van der Waals surface area contributed by atoms with E-state index in [0.29, 0.717) is 24.8 Å². The van der Waals surface area contributed by atoms with Gasteiger partial charge in [-0.1, -0.05) is 25.9 Å². The van der Waals surface area contributed by atoms with Crippen LogP contribution in [0.5, 0.6) is 0 Å². The van der Waals surface area contributed by atoms with Crippen LogP contribution < -0.4 is 10.6 Å². The molecule has 1 aromatic heterocycles. The largest absolute Gasteiger partial charge is 0.353 e. The van der Waals surface area contributed by atoms with E-state index < -0.39 is 0 Å². The number of hydrogen-bond acceptors (Lipinski definition) is 5. The van der Waals surface area contributed by atoms with Crippen LogP contribution in [0.4, 0.5) is 0 Å². The van der Waals surface area contributed by atoms with Crippen LogP contribution >= 0.6 is 0 Å². The summed E-state index contributed by atoms with van der Waals surface area (Å²) in [5.41, 5.74) is -0.103. The molecule has 118 valence electrons. The predicted octanol–water partition coefficient (Wildman–Crippen LogP) is 1.56. The molecule has 2 N–H and O–H groups in total. The summed E-state index contributed by atoms with van der Waals surface area (Å²) in [5, 5.41) is 10.4. The number of carbonyl (C=O) groups excluding carboxylic acids is 1. The van der Waals surface area contributed by atoms with Gasteiger partial charge in [0.1, 0.15) is 0 Å². The number of nitrogens with zero attached hydrogens (tertiary/aromatic N) is 2. The molecule has 21 heavy (non-hydrogen) atoms. The molecule has 2 heterocycles. The summed E-state index contributed by atoms with van der Waals surface area (Å²) in [4.78, 5) is 16.2. The van der Waals surface area contributed by atoms with Crippen molar-refractivity contribution >= 4 is 5.91 Å². The summed E-state index contributed by atoms with van der Waals surface area (Å²) in [6.45, 7) is 8.13. The molecule has 0 atom stereocenters. The SMILES string of the molecule is CC(C)(C)c1noc(CCCC(=O)NC2CCNCC2)n1. The highest BCUT2D eigenvalue weighted by atomic mass is 16.5. The Morgan fingerprint density at radius 1 is 1.38 bits per heavy atom. The van der Waals surface area contributed by atoms with E-state index in [4.69, 9.17) is 4.52 Å². The molecule has 0 spiro atoms. The van der Waals surface area contributed by atoms with Gasteiger partial charge in [-0.2, -0.15) is 4.98 Å². The third-order valence-electron chi connectivity index (χ3n) is 3.64. The van der Waals surface area contributed by atoms with Crippen LogP contribution in [-0.2, 0) is 16.6 Å². The maximum Gasteiger partial charge on any atom is 0.226 e. The Bertz CT molecular complexity index is 458. The van der Waals surface area contributed by atoms with Crippen LogP contribution in [0, 0.1) is 0 Å². The Labute approximate surface area is 126 Å². The zero-order valence-electron chi connectivity index (χ0n) is 13.2. The van der Waals surface area contributed by atoms with Crippen LogP contribution in [0.2, 0.25) is 0 Å². The molecule has 1 saturated heterocycles. The van der Waals surface area contributed by atoms with E-state index >= 15 is 0 Å². The highest BCUT2D eigenvalue weighted by Gasteiger charge is 2.21. The standard InChI is InChI=1S/C15H26N4O2/c1-15(2,3)14-18-13(21-19-14)6-4-5-12(20)17-11-7-9-16-10-8-11/h11,16H,4-10H2,1-3H3,(H,17,20). The summed E-state index contributed by atoms with van der Waals surface area (Å²) in [5.74, 6) is 1.46. The van der Waals surface area contributed by atoms with E-state index in [2.05, 4.69) is 20.8 Å². The number of piperidine rings is 1. The molecular formula is C15H26N4O2. The second-order valence-electron chi connectivity index (χ2n) is 6.71. The smallest absolute Gasteiger partial charge is 0.226 e. The van der Waals surface area contributed by atoms with Gasteiger partial charge in [-0.3, -0.25) is 4.79 Å². The first-order valence-corrected chi connectivity index (χ1v) is 7.78. The van der Waals surface area contributed by atoms with Crippen molar-refractivity contribution in [3.05, 3.63) is 11.7 Å². The number of aromatic nitrogens is 2. The second-order valence-corrected chi connectivity index (χ2v) is 6.71. The van der Waals surface area contributed by atoms with E-state index in [1.807, 2.05) is 20.8 Å². The minimum Gasteiger partial charge on any atom is -0.353 e. The molecule has 0 unspecified atom stereocenters. The van der Waals surface area contributed by atoms with E-state index in [1.54, 1.807) is 0 Å². The summed E-state index contributed by atoms with van der Waals surface area (Å²) >= 11 is 0. The third-order valence-corrected chi connectivity index (χ3v) is 3.64. The summed E-state index contributed by atoms with van der Waals surface area (Å²) in [7, 11) is 0. The predicted molar refractivity (Wildman–Crippen MR) is 80.0 cm³/mol. The van der Waals surface area contributed by atoms with Gasteiger partial charge in [0.2, 0.25) is 11.8 Å². The summed E-state index contributed by atoms with van der Waals surface area (Å²) < 4.78 is 5.22. The lowest BCUT2D eigenvalue weighted by molar-refractivity contribution is -0.122. The van der Waals surface area contributed by atoms with Gasteiger partial charge in [0.15, 0.2) is 5.82 Å². The second kappa shape index (κ2) is 7.02. The molecule has 6 heteroatoms. The lowest BCUT2D eigenvalue weighted by Gasteiger charge is -2.23. The number of carbonyl (C=O) groups is 1. The molecule has 1 amide bonds. The van der Waals surface area contributed by atoms with Gasteiger partial charge in [0, 0.05) is 24.3 Å². The highest BCUT2D eigenvalue weighted by Crippen LogP contribution is 2.18. The van der Waals surface area contributed by atoms with Crippen molar-refractivity contribution in [1.82, 2.24) is 20.8 Å². The first-order valence-electron chi connectivity index (χ1n) is 7.78. The fourth-order valence-corrected chi connectivity index (χ4v) is 2.33. The fraction of sp³-hybridized carbons (Fsp3) is 0.800. The van der Waals surface area contributed by atoms with Crippen LogP contribution in [0.25, 0.3) is 0 Å². The lowest BCUT2D eigenvalue weighted by Crippen LogP contribution is -2.42. The first kappa shape index (κ1) is 15.9. The van der Waals surface area contributed by atoms with Gasteiger partial charge in [0.25, 0.3) is 0 Å². The molecule has 6 nitrogen and oxygen atoms in total. The molecule has 0 saturated carbocycles. The minimum absolute atomic E-state index is 0.103. The maximum atomic E-state index is 11.9. The van der Waals surface area contributed by atoms with Crippen LogP contribution in [0.3, 0.4) is 0 Å². The van der Waals surface area contributed by atoms with Crippen molar-refractivity contribution in [3.8, 4) is 0 Å². The molecule has 2 rings (SSSR count). The maximum absolute atomic E-state index is 11.9. The van der Waals surface area contributed by atoms with E-state index in [-0.39, 0.29) is 11.3 Å². The van der Waals surface area contributed by atoms with Crippen molar-refractivity contribution in [1.29, 1.82) is 0 Å². The molecule has 0 bridgehead atoms. The van der Waals surface area contributed by atoms with E-state index in [1.165, 1.54) is 0 Å². The normalized spacial score (nSPS) is 16.9. The van der Waals surface area contributed by atoms with Crippen LogP contribution in [0.1, 0.15) is 58.2 Å².